The topological polar surface area (TPSA) is 61.3 Å². The molecule has 0 N–H and O–H groups in total. The molecule has 3 rings (SSSR count). The van der Waals surface area contributed by atoms with Crippen LogP contribution in [0.4, 0.5) is 0 Å². The number of hydrogen-bond acceptors (Lipinski definition) is 3. The minimum Gasteiger partial charge on any atom is -0.618 e. The highest BCUT2D eigenvalue weighted by atomic mass is 35.5. The van der Waals surface area contributed by atoms with Gasteiger partial charge >= 0.3 is 5.91 Å². The van der Waals surface area contributed by atoms with Crippen LogP contribution < -0.4 is 9.53 Å². The summed E-state index contributed by atoms with van der Waals surface area (Å²) in [6.07, 6.45) is 3.10. The van der Waals surface area contributed by atoms with Gasteiger partial charge in [-0.1, -0.05) is 29.8 Å². The quantitative estimate of drug-likeness (QED) is 0.541. The van der Waals surface area contributed by atoms with E-state index in [1.54, 1.807) is 12.1 Å². The first kappa shape index (κ1) is 15.5. The fraction of sp³-hybridized carbons (Fsp3) is 0.0625. The molecule has 0 saturated heterocycles. The van der Waals surface area contributed by atoms with E-state index in [4.69, 9.17) is 11.6 Å². The number of thiazole rings is 1. The molecule has 0 aliphatic heterocycles. The lowest BCUT2D eigenvalue weighted by Crippen LogP contribution is -2.34. The van der Waals surface area contributed by atoms with Gasteiger partial charge in [-0.2, -0.15) is 9.72 Å². The summed E-state index contributed by atoms with van der Waals surface area (Å²) in [6, 6.07) is 12.1. The molecule has 0 aliphatic carbocycles. The van der Waals surface area contributed by atoms with Crippen LogP contribution in [-0.2, 0) is 6.54 Å². The zero-order valence-corrected chi connectivity index (χ0v) is 13.5. The van der Waals surface area contributed by atoms with E-state index in [1.165, 1.54) is 23.6 Å². The number of benzene rings is 1. The van der Waals surface area contributed by atoms with Crippen molar-refractivity contribution < 1.29 is 9.52 Å². The number of carbonyl (C=O) groups is 1. The van der Waals surface area contributed by atoms with Gasteiger partial charge in [-0.05, 0) is 17.7 Å². The Balaban J connectivity index is 1.93. The van der Waals surface area contributed by atoms with Crippen LogP contribution in [0.15, 0.2) is 65.2 Å². The van der Waals surface area contributed by atoms with Crippen molar-refractivity contribution in [2.24, 2.45) is 4.99 Å². The molecule has 0 unspecified atom stereocenters. The second-order valence-corrected chi connectivity index (χ2v) is 6.01. The number of rotatable bonds is 3. The van der Waals surface area contributed by atoms with Crippen molar-refractivity contribution in [1.29, 1.82) is 0 Å². The molecule has 2 aromatic heterocycles. The summed E-state index contributed by atoms with van der Waals surface area (Å²) >= 11 is 7.49. The predicted molar refractivity (Wildman–Crippen MR) is 88.2 cm³/mol. The van der Waals surface area contributed by atoms with Gasteiger partial charge in [-0.15, -0.1) is 11.3 Å². The Hall–Kier alpha value is -2.44. The zero-order chi connectivity index (χ0) is 16.2. The lowest BCUT2D eigenvalue weighted by atomic mass is 10.2. The minimum atomic E-state index is -0.573. The Morgan fingerprint density at radius 3 is 2.83 bits per heavy atom. The van der Waals surface area contributed by atoms with Crippen LogP contribution in [-0.4, -0.2) is 10.5 Å². The van der Waals surface area contributed by atoms with Crippen molar-refractivity contribution in [2.45, 2.75) is 6.54 Å². The normalized spacial score (nSPS) is 11.6. The molecule has 1 amide bonds. The number of aromatic nitrogens is 2. The van der Waals surface area contributed by atoms with Gasteiger partial charge < -0.3 is 9.77 Å². The van der Waals surface area contributed by atoms with Crippen molar-refractivity contribution in [3.05, 3.63) is 86.5 Å². The summed E-state index contributed by atoms with van der Waals surface area (Å²) in [7, 11) is 0. The molecule has 0 spiro atoms. The third kappa shape index (κ3) is 3.49. The standard InChI is InChI=1S/C16H12ClN3O2S/c17-13-6-2-1-5-12(13)11-19-9-10-23-16(19)18-15(21)14-7-3-4-8-20(14)22/h1-10H,11H2. The number of nitrogens with zero attached hydrogens (tertiary/aromatic N) is 3. The van der Waals surface area contributed by atoms with Crippen molar-refractivity contribution >= 4 is 28.8 Å². The summed E-state index contributed by atoms with van der Waals surface area (Å²) in [6.45, 7) is 0.501. The number of hydrogen-bond donors (Lipinski definition) is 0. The predicted octanol–water partition coefficient (Wildman–Crippen LogP) is 2.63. The molecule has 0 fully saturated rings. The van der Waals surface area contributed by atoms with Gasteiger partial charge in [0.15, 0.2) is 11.0 Å². The molecule has 7 heteroatoms. The zero-order valence-electron chi connectivity index (χ0n) is 11.9. The van der Waals surface area contributed by atoms with Gasteiger partial charge in [0.2, 0.25) is 0 Å². The Labute approximate surface area is 141 Å². The Morgan fingerprint density at radius 2 is 2.04 bits per heavy atom. The summed E-state index contributed by atoms with van der Waals surface area (Å²) in [4.78, 5) is 16.8. The maximum absolute atomic E-state index is 12.2. The van der Waals surface area contributed by atoms with E-state index in [0.717, 1.165) is 5.56 Å². The smallest absolute Gasteiger partial charge is 0.345 e. The Morgan fingerprint density at radius 1 is 1.26 bits per heavy atom. The molecule has 0 saturated carbocycles. The number of carbonyl (C=O) groups excluding carboxylic acids is 1. The van der Waals surface area contributed by atoms with Gasteiger partial charge in [0.05, 0.1) is 6.54 Å². The summed E-state index contributed by atoms with van der Waals surface area (Å²) in [5.41, 5.74) is 0.922. The first-order chi connectivity index (χ1) is 11.1. The van der Waals surface area contributed by atoms with Crippen molar-refractivity contribution in [3.63, 3.8) is 0 Å². The van der Waals surface area contributed by atoms with Gasteiger partial charge in [-0.25, -0.2) is 0 Å². The molecular formula is C16H12ClN3O2S. The third-order valence-electron chi connectivity index (χ3n) is 3.20. The molecular weight excluding hydrogens is 334 g/mol. The van der Waals surface area contributed by atoms with Crippen LogP contribution in [0.5, 0.6) is 0 Å². The van der Waals surface area contributed by atoms with E-state index in [1.807, 2.05) is 40.4 Å². The van der Waals surface area contributed by atoms with E-state index < -0.39 is 5.91 Å². The molecule has 5 nitrogen and oxygen atoms in total. The minimum absolute atomic E-state index is 0.00908. The van der Waals surface area contributed by atoms with Crippen LogP contribution in [0.1, 0.15) is 16.1 Å². The summed E-state index contributed by atoms with van der Waals surface area (Å²) in [5.74, 6) is -0.573. The monoisotopic (exact) mass is 345 g/mol. The number of amides is 1. The van der Waals surface area contributed by atoms with Crippen molar-refractivity contribution in [3.8, 4) is 0 Å². The maximum atomic E-state index is 12.2. The number of pyridine rings is 1. The lowest BCUT2D eigenvalue weighted by Gasteiger charge is -2.05. The Kier molecular flexibility index (Phi) is 4.55. The van der Waals surface area contributed by atoms with Gasteiger partial charge in [0.1, 0.15) is 0 Å². The molecule has 1 aromatic carbocycles. The van der Waals surface area contributed by atoms with E-state index in [9.17, 15) is 10.0 Å². The molecule has 3 aromatic rings. The van der Waals surface area contributed by atoms with Crippen LogP contribution in [0.3, 0.4) is 0 Å². The second kappa shape index (κ2) is 6.76. The molecule has 0 radical (unpaired) electrons. The van der Waals surface area contributed by atoms with Crippen molar-refractivity contribution in [1.82, 2.24) is 4.57 Å². The fourth-order valence-corrected chi connectivity index (χ4v) is 2.98. The molecule has 0 bridgehead atoms. The average Bonchev–Trinajstić information content (AvgIpc) is 2.97. The van der Waals surface area contributed by atoms with Gasteiger partial charge in [-0.3, -0.25) is 4.79 Å². The lowest BCUT2D eigenvalue weighted by molar-refractivity contribution is -0.607. The van der Waals surface area contributed by atoms with Crippen molar-refractivity contribution in [2.75, 3.05) is 0 Å². The molecule has 2 heterocycles. The van der Waals surface area contributed by atoms with E-state index >= 15 is 0 Å². The fourth-order valence-electron chi connectivity index (χ4n) is 2.06. The molecule has 0 atom stereocenters. The molecule has 116 valence electrons. The van der Waals surface area contributed by atoms with Gasteiger partial charge in [0.25, 0.3) is 5.69 Å². The molecule has 0 aliphatic rings. The third-order valence-corrected chi connectivity index (χ3v) is 4.36. The summed E-state index contributed by atoms with van der Waals surface area (Å²) in [5, 5.41) is 14.1. The van der Waals surface area contributed by atoms with E-state index in [-0.39, 0.29) is 5.69 Å². The maximum Gasteiger partial charge on any atom is 0.345 e. The SMILES string of the molecule is O=C(N=c1sccn1Cc1ccccc1Cl)c1cccc[n+]1[O-]. The first-order valence-corrected chi connectivity index (χ1v) is 8.05. The Bertz CT molecular complexity index is 917. The largest absolute Gasteiger partial charge is 0.618 e. The molecule has 23 heavy (non-hydrogen) atoms. The van der Waals surface area contributed by atoms with Crippen LogP contribution in [0.25, 0.3) is 0 Å². The highest BCUT2D eigenvalue weighted by Crippen LogP contribution is 2.15. The van der Waals surface area contributed by atoms with E-state index in [0.29, 0.717) is 21.1 Å². The van der Waals surface area contributed by atoms with Gasteiger partial charge in [0, 0.05) is 28.7 Å². The first-order valence-electron chi connectivity index (χ1n) is 6.80. The highest BCUT2D eigenvalue weighted by molar-refractivity contribution is 7.07. The summed E-state index contributed by atoms with van der Waals surface area (Å²) < 4.78 is 2.33. The highest BCUT2D eigenvalue weighted by Gasteiger charge is 2.14. The second-order valence-electron chi connectivity index (χ2n) is 4.73. The van der Waals surface area contributed by atoms with E-state index in [2.05, 4.69) is 4.99 Å². The number of halogens is 1. The van der Waals surface area contributed by atoms with Crippen LogP contribution in [0.2, 0.25) is 5.02 Å². The average molecular weight is 346 g/mol. The van der Waals surface area contributed by atoms with Crippen LogP contribution in [0, 0.1) is 5.21 Å². The van der Waals surface area contributed by atoms with Crippen LogP contribution >= 0.6 is 22.9 Å².